The molecule has 1 heterocycles. The summed E-state index contributed by atoms with van der Waals surface area (Å²) in [6.07, 6.45) is 0. The molecule has 9 heteroatoms. The largest absolute Gasteiger partial charge is 0.493 e. The highest BCUT2D eigenvalue weighted by molar-refractivity contribution is 7.89. The number of carbonyl (C=O) groups is 1. The first-order valence-corrected chi connectivity index (χ1v) is 11.9. The van der Waals surface area contributed by atoms with Gasteiger partial charge in [-0.3, -0.25) is 4.79 Å². The van der Waals surface area contributed by atoms with Gasteiger partial charge in [-0.05, 0) is 44.2 Å². The number of ether oxygens (including phenoxy) is 2. The maximum Gasteiger partial charge on any atom is 0.243 e. The third-order valence-corrected chi connectivity index (χ3v) is 7.37. The molecule has 0 radical (unpaired) electrons. The number of sulfonamides is 1. The Morgan fingerprint density at radius 1 is 1.13 bits per heavy atom. The number of aromatic nitrogens is 1. The Bertz CT molecular complexity index is 1170. The molecule has 3 aromatic rings. The maximum atomic E-state index is 12.9. The van der Waals surface area contributed by atoms with Crippen LogP contribution in [0.5, 0.6) is 11.5 Å². The highest BCUT2D eigenvalue weighted by atomic mass is 32.2. The molecule has 3 rings (SSSR count). The van der Waals surface area contributed by atoms with E-state index in [0.717, 1.165) is 10.6 Å². The van der Waals surface area contributed by atoms with Crippen LogP contribution in [0, 0.1) is 0 Å². The zero-order valence-corrected chi connectivity index (χ0v) is 19.4. The monoisotopic (exact) mass is 460 g/mol. The van der Waals surface area contributed by atoms with Crippen molar-refractivity contribution >= 4 is 27.1 Å². The molecule has 0 aliphatic rings. The third-order valence-electron chi connectivity index (χ3n) is 4.62. The van der Waals surface area contributed by atoms with Crippen molar-refractivity contribution in [3.63, 3.8) is 0 Å². The second-order valence-corrected chi connectivity index (χ2v) is 9.69. The molecule has 0 spiro atoms. The SMILES string of the molecule is CCOc1ccc(-c2nc(CN(C)S(=O)(=O)c3ccc(C(C)=O)cc3)cs2)cc1OC. The van der Waals surface area contributed by atoms with Gasteiger partial charge in [0.25, 0.3) is 0 Å². The Labute approximate surface area is 186 Å². The minimum atomic E-state index is -3.71. The highest BCUT2D eigenvalue weighted by Gasteiger charge is 2.22. The lowest BCUT2D eigenvalue weighted by Crippen LogP contribution is -2.26. The molecular weight excluding hydrogens is 436 g/mol. The summed E-state index contributed by atoms with van der Waals surface area (Å²) in [5.74, 6) is 1.16. The first-order valence-electron chi connectivity index (χ1n) is 9.59. The molecule has 0 saturated heterocycles. The molecule has 0 N–H and O–H groups in total. The van der Waals surface area contributed by atoms with Gasteiger partial charge in [-0.15, -0.1) is 11.3 Å². The Morgan fingerprint density at radius 3 is 2.45 bits per heavy atom. The summed E-state index contributed by atoms with van der Waals surface area (Å²) in [6.45, 7) is 4.01. The van der Waals surface area contributed by atoms with Crippen LogP contribution >= 0.6 is 11.3 Å². The van der Waals surface area contributed by atoms with E-state index in [1.54, 1.807) is 7.11 Å². The van der Waals surface area contributed by atoms with E-state index in [1.165, 1.54) is 53.9 Å². The van der Waals surface area contributed by atoms with Crippen molar-refractivity contribution in [3.8, 4) is 22.1 Å². The van der Waals surface area contributed by atoms with Crippen LogP contribution in [0.1, 0.15) is 29.9 Å². The number of nitrogens with zero attached hydrogens (tertiary/aromatic N) is 2. The molecule has 0 aliphatic carbocycles. The molecule has 0 bridgehead atoms. The second kappa shape index (κ2) is 9.59. The molecule has 7 nitrogen and oxygen atoms in total. The van der Waals surface area contributed by atoms with Gasteiger partial charge in [0.15, 0.2) is 17.3 Å². The van der Waals surface area contributed by atoms with Gasteiger partial charge in [-0.1, -0.05) is 12.1 Å². The average Bonchev–Trinajstić information content (AvgIpc) is 3.22. The van der Waals surface area contributed by atoms with Gasteiger partial charge in [0.05, 0.1) is 30.9 Å². The van der Waals surface area contributed by atoms with Crippen LogP contribution in [-0.2, 0) is 16.6 Å². The van der Waals surface area contributed by atoms with Crippen LogP contribution < -0.4 is 9.47 Å². The second-order valence-electron chi connectivity index (χ2n) is 6.78. The van der Waals surface area contributed by atoms with Gasteiger partial charge in [0.1, 0.15) is 5.01 Å². The topological polar surface area (TPSA) is 85.8 Å². The lowest BCUT2D eigenvalue weighted by Gasteiger charge is -2.16. The number of methoxy groups -OCH3 is 1. The van der Waals surface area contributed by atoms with Crippen molar-refractivity contribution in [2.75, 3.05) is 20.8 Å². The van der Waals surface area contributed by atoms with E-state index in [2.05, 4.69) is 4.98 Å². The van der Waals surface area contributed by atoms with Crippen molar-refractivity contribution in [3.05, 3.63) is 59.1 Å². The minimum absolute atomic E-state index is 0.113. The summed E-state index contributed by atoms with van der Waals surface area (Å²) in [7, 11) is -0.619. The summed E-state index contributed by atoms with van der Waals surface area (Å²) < 4.78 is 37.9. The number of rotatable bonds is 9. The molecule has 0 saturated carbocycles. The van der Waals surface area contributed by atoms with Crippen LogP contribution in [0.4, 0.5) is 0 Å². The zero-order chi connectivity index (χ0) is 22.6. The summed E-state index contributed by atoms with van der Waals surface area (Å²) >= 11 is 1.43. The summed E-state index contributed by atoms with van der Waals surface area (Å²) in [5, 5.41) is 2.59. The van der Waals surface area contributed by atoms with Gasteiger partial charge in [-0.25, -0.2) is 13.4 Å². The van der Waals surface area contributed by atoms with E-state index in [1.807, 2.05) is 30.5 Å². The third kappa shape index (κ3) is 5.12. The fourth-order valence-corrected chi connectivity index (χ4v) is 4.89. The van der Waals surface area contributed by atoms with Gasteiger partial charge < -0.3 is 9.47 Å². The normalized spacial score (nSPS) is 11.5. The Balaban J connectivity index is 1.78. The molecule has 0 amide bonds. The van der Waals surface area contributed by atoms with Crippen molar-refractivity contribution in [1.29, 1.82) is 0 Å². The molecule has 2 aromatic carbocycles. The van der Waals surface area contributed by atoms with Crippen LogP contribution in [0.3, 0.4) is 0 Å². The lowest BCUT2D eigenvalue weighted by atomic mass is 10.2. The molecule has 31 heavy (non-hydrogen) atoms. The molecular formula is C22H24N2O5S2. The van der Waals surface area contributed by atoms with E-state index in [9.17, 15) is 13.2 Å². The fourth-order valence-electron chi connectivity index (χ4n) is 2.94. The number of Topliss-reactive ketones (excluding diaryl/α,β-unsaturated/α-hetero) is 1. The van der Waals surface area contributed by atoms with Crippen molar-refractivity contribution < 1.29 is 22.7 Å². The number of hydrogen-bond donors (Lipinski definition) is 0. The molecule has 1 aromatic heterocycles. The Morgan fingerprint density at radius 2 is 1.84 bits per heavy atom. The van der Waals surface area contributed by atoms with Crippen LogP contribution in [0.2, 0.25) is 0 Å². The zero-order valence-electron chi connectivity index (χ0n) is 17.8. The van der Waals surface area contributed by atoms with Gasteiger partial charge in [0, 0.05) is 23.6 Å². The summed E-state index contributed by atoms with van der Waals surface area (Å²) in [5.41, 5.74) is 1.97. The molecule has 164 valence electrons. The van der Waals surface area contributed by atoms with Gasteiger partial charge >= 0.3 is 0 Å². The highest BCUT2D eigenvalue weighted by Crippen LogP contribution is 2.34. The Hall–Kier alpha value is -2.75. The van der Waals surface area contributed by atoms with E-state index in [-0.39, 0.29) is 17.2 Å². The van der Waals surface area contributed by atoms with Gasteiger partial charge in [0.2, 0.25) is 10.0 Å². The maximum absolute atomic E-state index is 12.9. The number of hydrogen-bond acceptors (Lipinski definition) is 7. The van der Waals surface area contributed by atoms with Crippen LogP contribution in [0.15, 0.2) is 52.7 Å². The van der Waals surface area contributed by atoms with Crippen LogP contribution in [0.25, 0.3) is 10.6 Å². The molecule has 0 fully saturated rings. The number of benzene rings is 2. The summed E-state index contributed by atoms with van der Waals surface area (Å²) in [4.78, 5) is 16.1. The molecule has 0 unspecified atom stereocenters. The average molecular weight is 461 g/mol. The standard InChI is InChI=1S/C22H24N2O5S2/c1-5-29-20-11-8-17(12-21(20)28-4)22-23-18(14-30-22)13-24(3)31(26,27)19-9-6-16(7-10-19)15(2)25/h6-12,14H,5,13H2,1-4H3. The molecule has 0 aliphatic heterocycles. The number of thiazole rings is 1. The van der Waals surface area contributed by atoms with E-state index in [4.69, 9.17) is 9.47 Å². The first-order chi connectivity index (χ1) is 14.8. The predicted octanol–water partition coefficient (Wildman–Crippen LogP) is 4.24. The fraction of sp³-hybridized carbons (Fsp3) is 0.273. The van der Waals surface area contributed by atoms with E-state index in [0.29, 0.717) is 29.4 Å². The van der Waals surface area contributed by atoms with Crippen molar-refractivity contribution in [2.24, 2.45) is 0 Å². The minimum Gasteiger partial charge on any atom is -0.493 e. The lowest BCUT2D eigenvalue weighted by molar-refractivity contribution is 0.101. The molecule has 0 atom stereocenters. The summed E-state index contributed by atoms with van der Waals surface area (Å²) in [6, 6.07) is 11.5. The predicted molar refractivity (Wildman–Crippen MR) is 120 cm³/mol. The quantitative estimate of drug-likeness (QED) is 0.444. The van der Waals surface area contributed by atoms with E-state index < -0.39 is 10.0 Å². The number of carbonyl (C=O) groups excluding carboxylic acids is 1. The Kier molecular flexibility index (Phi) is 7.09. The first kappa shape index (κ1) is 22.9. The smallest absolute Gasteiger partial charge is 0.243 e. The number of ketones is 1. The van der Waals surface area contributed by atoms with Crippen LogP contribution in [-0.4, -0.2) is 44.3 Å². The van der Waals surface area contributed by atoms with Crippen molar-refractivity contribution in [2.45, 2.75) is 25.3 Å². The van der Waals surface area contributed by atoms with E-state index >= 15 is 0 Å². The van der Waals surface area contributed by atoms with Gasteiger partial charge in [-0.2, -0.15) is 4.31 Å². The van der Waals surface area contributed by atoms with Crippen molar-refractivity contribution in [1.82, 2.24) is 9.29 Å².